The normalized spacial score (nSPS) is 22.6. The number of halogens is 5. The molecule has 4 heterocycles. The second-order valence-corrected chi connectivity index (χ2v) is 7.55. The molecule has 1 fully saturated rings. The molecule has 164 valence electrons. The maximum absolute atomic E-state index is 14.6. The van der Waals surface area contributed by atoms with E-state index in [0.717, 1.165) is 11.1 Å². The summed E-state index contributed by atoms with van der Waals surface area (Å²) in [6, 6.07) is 0.399. The van der Waals surface area contributed by atoms with E-state index in [2.05, 4.69) is 19.9 Å². The fourth-order valence-electron chi connectivity index (χ4n) is 3.54. The quantitative estimate of drug-likeness (QED) is 0.680. The summed E-state index contributed by atoms with van der Waals surface area (Å²) in [6.45, 7) is -1.72. The molecule has 1 unspecified atom stereocenters. The fraction of sp³-hybridized carbons (Fsp3) is 0.389. The number of nitrogens with one attached hydrogen (secondary N) is 1. The summed E-state index contributed by atoms with van der Waals surface area (Å²) in [6.07, 6.45) is -1.98. The van der Waals surface area contributed by atoms with Gasteiger partial charge >= 0.3 is 6.18 Å². The Kier molecular flexibility index (Phi) is 5.52. The summed E-state index contributed by atoms with van der Waals surface area (Å²) in [7, 11) is 0. The number of aliphatic imine (C=N–C) groups is 1. The van der Waals surface area contributed by atoms with Gasteiger partial charge in [0.2, 0.25) is 5.91 Å². The van der Waals surface area contributed by atoms with Crippen LogP contribution in [0, 0.1) is 5.82 Å². The molecule has 0 bridgehead atoms. The highest BCUT2D eigenvalue weighted by Gasteiger charge is 2.40. The molecule has 0 spiro atoms. The first-order valence-electron chi connectivity index (χ1n) is 9.13. The number of carbonyl (C=O) groups excluding carboxylic acids is 1. The van der Waals surface area contributed by atoms with Gasteiger partial charge in [-0.25, -0.2) is 24.3 Å². The van der Waals surface area contributed by atoms with Gasteiger partial charge in [-0.3, -0.25) is 4.79 Å². The Morgan fingerprint density at radius 3 is 2.84 bits per heavy atom. The molecule has 2 N–H and O–H groups in total. The van der Waals surface area contributed by atoms with E-state index in [1.54, 1.807) is 11.4 Å². The summed E-state index contributed by atoms with van der Waals surface area (Å²) in [4.78, 5) is 29.9. The van der Waals surface area contributed by atoms with E-state index in [9.17, 15) is 27.5 Å². The molecule has 0 aromatic carbocycles. The first-order valence-corrected chi connectivity index (χ1v) is 9.51. The van der Waals surface area contributed by atoms with Gasteiger partial charge < -0.3 is 15.3 Å². The molecule has 1 amide bonds. The monoisotopic (exact) mass is 458 g/mol. The largest absolute Gasteiger partial charge is 0.405 e. The molecule has 13 heteroatoms. The van der Waals surface area contributed by atoms with Gasteiger partial charge in [0.15, 0.2) is 17.5 Å². The number of carbonyl (C=O) groups is 1. The Hall–Kier alpha value is -2.86. The summed E-state index contributed by atoms with van der Waals surface area (Å²) < 4.78 is 51.9. The van der Waals surface area contributed by atoms with E-state index in [1.165, 1.54) is 12.4 Å². The van der Waals surface area contributed by atoms with Crippen LogP contribution in [0.3, 0.4) is 0 Å². The van der Waals surface area contributed by atoms with Gasteiger partial charge in [-0.1, -0.05) is 11.6 Å². The van der Waals surface area contributed by atoms with Crippen molar-refractivity contribution in [2.75, 3.05) is 18.0 Å². The molecule has 4 rings (SSSR count). The molecule has 2 aliphatic heterocycles. The van der Waals surface area contributed by atoms with Crippen LogP contribution < -0.4 is 10.2 Å². The number of amides is 1. The zero-order valence-corrected chi connectivity index (χ0v) is 16.4. The Morgan fingerprint density at radius 1 is 1.32 bits per heavy atom. The molecular weight excluding hydrogens is 444 g/mol. The lowest BCUT2D eigenvalue weighted by Gasteiger charge is -2.25. The number of nitrogens with zero attached hydrogens (tertiary/aromatic N) is 5. The lowest BCUT2D eigenvalue weighted by atomic mass is 10.0. The van der Waals surface area contributed by atoms with E-state index >= 15 is 0 Å². The SMILES string of the molecule is O=C(NCC(F)(F)F)[C@H]1C[C@@H](O)CN1c1nc(C2C=Nc3ncc(Cl)cc32)ncc1F. The van der Waals surface area contributed by atoms with Crippen molar-refractivity contribution in [2.24, 2.45) is 4.99 Å². The maximum atomic E-state index is 14.6. The van der Waals surface area contributed by atoms with E-state index in [4.69, 9.17) is 11.6 Å². The third-order valence-electron chi connectivity index (χ3n) is 4.88. The first kappa shape index (κ1) is 21.4. The molecule has 2 aromatic rings. The number of fused-ring (bicyclic) bond motifs is 1. The lowest BCUT2D eigenvalue weighted by molar-refractivity contribution is -0.139. The Balaban J connectivity index is 1.63. The number of aromatic nitrogens is 3. The van der Waals surface area contributed by atoms with Crippen LogP contribution in [0.4, 0.5) is 29.2 Å². The standard InChI is InChI=1S/C18H15ClF4N6O2/c19-8-1-10-11(4-25-14(10)24-3-8)15-26-5-12(20)16(28-15)29-6-9(30)2-13(29)17(31)27-7-18(21,22)23/h1,3-5,9,11,13,30H,2,6-7H2,(H,27,31)/t9-,11?,13-/m1/s1. The van der Waals surface area contributed by atoms with Gasteiger partial charge in [0, 0.05) is 30.9 Å². The van der Waals surface area contributed by atoms with Crippen molar-refractivity contribution in [1.82, 2.24) is 20.3 Å². The van der Waals surface area contributed by atoms with Gasteiger partial charge in [0.25, 0.3) is 0 Å². The van der Waals surface area contributed by atoms with Crippen LogP contribution in [0.5, 0.6) is 0 Å². The van der Waals surface area contributed by atoms with Crippen LogP contribution in [-0.4, -0.2) is 63.6 Å². The fourth-order valence-corrected chi connectivity index (χ4v) is 3.71. The Labute approximate surface area is 178 Å². The number of hydrogen-bond acceptors (Lipinski definition) is 7. The van der Waals surface area contributed by atoms with Crippen molar-refractivity contribution in [3.63, 3.8) is 0 Å². The smallest absolute Gasteiger partial charge is 0.391 e. The van der Waals surface area contributed by atoms with Gasteiger partial charge in [-0.05, 0) is 6.07 Å². The molecule has 8 nitrogen and oxygen atoms in total. The number of pyridine rings is 1. The number of aliphatic hydroxyl groups excluding tert-OH is 1. The van der Waals surface area contributed by atoms with Crippen molar-refractivity contribution in [3.8, 4) is 0 Å². The highest BCUT2D eigenvalue weighted by molar-refractivity contribution is 6.30. The van der Waals surface area contributed by atoms with Crippen LogP contribution in [0.1, 0.15) is 23.7 Å². The maximum Gasteiger partial charge on any atom is 0.405 e. The average Bonchev–Trinajstić information content (AvgIpc) is 3.29. The predicted molar refractivity (Wildman–Crippen MR) is 102 cm³/mol. The number of alkyl halides is 3. The molecular formula is C18H15ClF4N6O2. The molecule has 2 aliphatic rings. The Bertz CT molecular complexity index is 1050. The van der Waals surface area contributed by atoms with Crippen molar-refractivity contribution >= 4 is 35.4 Å². The van der Waals surface area contributed by atoms with E-state index in [-0.39, 0.29) is 24.6 Å². The Morgan fingerprint density at radius 2 is 2.10 bits per heavy atom. The predicted octanol–water partition coefficient (Wildman–Crippen LogP) is 2.13. The molecule has 0 radical (unpaired) electrons. The van der Waals surface area contributed by atoms with Gasteiger partial charge in [-0.2, -0.15) is 13.2 Å². The summed E-state index contributed by atoms with van der Waals surface area (Å²) >= 11 is 5.99. The van der Waals surface area contributed by atoms with Gasteiger partial charge in [0.1, 0.15) is 18.4 Å². The molecule has 1 saturated heterocycles. The summed E-state index contributed by atoms with van der Waals surface area (Å²) in [5.41, 5.74) is 0.603. The highest BCUT2D eigenvalue weighted by atomic mass is 35.5. The molecule has 3 atom stereocenters. The van der Waals surface area contributed by atoms with E-state index in [0.29, 0.717) is 16.4 Å². The van der Waals surface area contributed by atoms with Crippen molar-refractivity contribution in [2.45, 2.75) is 30.7 Å². The molecule has 0 aliphatic carbocycles. The minimum Gasteiger partial charge on any atom is -0.391 e. The third-order valence-corrected chi connectivity index (χ3v) is 5.09. The number of β-amino-alcohol motifs (C(OH)–C–C–N with tert-alkyl or cyclic N) is 1. The number of aliphatic hydroxyl groups is 1. The van der Waals surface area contributed by atoms with Gasteiger partial charge in [-0.15, -0.1) is 0 Å². The first-order chi connectivity index (χ1) is 14.6. The lowest BCUT2D eigenvalue weighted by Crippen LogP contribution is -2.46. The van der Waals surface area contributed by atoms with Gasteiger partial charge in [0.05, 0.1) is 23.2 Å². The third kappa shape index (κ3) is 4.44. The second kappa shape index (κ2) is 8.00. The molecule has 0 saturated carbocycles. The van der Waals surface area contributed by atoms with Crippen LogP contribution in [0.2, 0.25) is 5.02 Å². The highest BCUT2D eigenvalue weighted by Crippen LogP contribution is 2.36. The average molecular weight is 459 g/mol. The van der Waals surface area contributed by atoms with Crippen LogP contribution in [0.25, 0.3) is 0 Å². The van der Waals surface area contributed by atoms with E-state index in [1.807, 2.05) is 0 Å². The van der Waals surface area contributed by atoms with Crippen LogP contribution >= 0.6 is 11.6 Å². The number of rotatable bonds is 4. The summed E-state index contributed by atoms with van der Waals surface area (Å²) in [5, 5.41) is 12.1. The number of hydrogen-bond donors (Lipinski definition) is 2. The summed E-state index contributed by atoms with van der Waals surface area (Å²) in [5.74, 6) is -2.21. The minimum atomic E-state index is -4.60. The van der Waals surface area contributed by atoms with Crippen LogP contribution in [-0.2, 0) is 4.79 Å². The zero-order chi connectivity index (χ0) is 22.3. The topological polar surface area (TPSA) is 104 Å². The minimum absolute atomic E-state index is 0.138. The van der Waals surface area contributed by atoms with Crippen molar-refractivity contribution < 1.29 is 27.5 Å². The van der Waals surface area contributed by atoms with Crippen LogP contribution in [0.15, 0.2) is 23.5 Å². The van der Waals surface area contributed by atoms with Crippen molar-refractivity contribution in [1.29, 1.82) is 0 Å². The van der Waals surface area contributed by atoms with Crippen molar-refractivity contribution in [3.05, 3.63) is 40.7 Å². The number of anilines is 1. The van der Waals surface area contributed by atoms with E-state index < -0.39 is 42.5 Å². The molecule has 2 aromatic heterocycles. The zero-order valence-electron chi connectivity index (χ0n) is 15.6. The molecule has 31 heavy (non-hydrogen) atoms. The second-order valence-electron chi connectivity index (χ2n) is 7.11.